The van der Waals surface area contributed by atoms with Crippen LogP contribution < -0.4 is 0 Å². The third-order valence-corrected chi connectivity index (χ3v) is 4.50. The normalized spacial score (nSPS) is 15.8. The van der Waals surface area contributed by atoms with Gasteiger partial charge in [-0.3, -0.25) is 0 Å². The van der Waals surface area contributed by atoms with Crippen LogP contribution in [-0.2, 0) is 12.8 Å². The van der Waals surface area contributed by atoms with Crippen molar-refractivity contribution in [1.29, 1.82) is 0 Å². The van der Waals surface area contributed by atoms with E-state index in [1.54, 1.807) is 0 Å². The number of rotatable bonds is 2. The molecule has 0 heterocycles. The molecule has 3 rings (SSSR count). The Morgan fingerprint density at radius 2 is 1.55 bits per heavy atom. The number of hydrogen-bond donors (Lipinski definition) is 1. The first-order valence-corrected chi connectivity index (χ1v) is 7.52. The van der Waals surface area contributed by atoms with Crippen molar-refractivity contribution in [3.8, 4) is 0 Å². The van der Waals surface area contributed by atoms with E-state index in [1.807, 2.05) is 6.07 Å². The van der Waals surface area contributed by atoms with Crippen molar-refractivity contribution in [1.82, 2.24) is 0 Å². The van der Waals surface area contributed by atoms with Gasteiger partial charge in [0.25, 0.3) is 0 Å². The SMILES string of the molecule is Cc1cccc(C)c1C(O)c1ccc2c(c1)CCCC2. The first-order valence-electron chi connectivity index (χ1n) is 7.52. The molecule has 1 aliphatic carbocycles. The molecule has 0 aromatic heterocycles. The molecule has 1 unspecified atom stereocenters. The van der Waals surface area contributed by atoms with Crippen molar-refractivity contribution in [2.75, 3.05) is 0 Å². The largest absolute Gasteiger partial charge is 0.384 e. The minimum Gasteiger partial charge on any atom is -0.384 e. The summed E-state index contributed by atoms with van der Waals surface area (Å²) >= 11 is 0. The van der Waals surface area contributed by atoms with Crippen molar-refractivity contribution >= 4 is 0 Å². The summed E-state index contributed by atoms with van der Waals surface area (Å²) < 4.78 is 0. The maximum absolute atomic E-state index is 10.8. The van der Waals surface area contributed by atoms with Crippen molar-refractivity contribution < 1.29 is 5.11 Å². The summed E-state index contributed by atoms with van der Waals surface area (Å²) in [5, 5.41) is 10.8. The molecule has 20 heavy (non-hydrogen) atoms. The van der Waals surface area contributed by atoms with Crippen molar-refractivity contribution in [3.63, 3.8) is 0 Å². The zero-order valence-corrected chi connectivity index (χ0v) is 12.3. The minimum atomic E-state index is -0.511. The fourth-order valence-electron chi connectivity index (χ4n) is 3.35. The van der Waals surface area contributed by atoms with E-state index in [0.29, 0.717) is 0 Å². The molecule has 1 aliphatic rings. The van der Waals surface area contributed by atoms with E-state index in [-0.39, 0.29) is 0 Å². The zero-order chi connectivity index (χ0) is 14.1. The first kappa shape index (κ1) is 13.4. The van der Waals surface area contributed by atoms with Gasteiger partial charge >= 0.3 is 0 Å². The van der Waals surface area contributed by atoms with E-state index >= 15 is 0 Å². The lowest BCUT2D eigenvalue weighted by Crippen LogP contribution is -2.08. The average Bonchev–Trinajstić information content (AvgIpc) is 2.46. The molecule has 104 valence electrons. The van der Waals surface area contributed by atoms with Crippen LogP contribution in [-0.4, -0.2) is 5.11 Å². The van der Waals surface area contributed by atoms with E-state index < -0.39 is 6.10 Å². The second-order valence-corrected chi connectivity index (χ2v) is 5.94. The highest BCUT2D eigenvalue weighted by molar-refractivity contribution is 5.43. The summed E-state index contributed by atoms with van der Waals surface area (Å²) in [6.07, 6.45) is 4.41. The summed E-state index contributed by atoms with van der Waals surface area (Å²) in [5.74, 6) is 0. The molecule has 2 aromatic carbocycles. The lowest BCUT2D eigenvalue weighted by atomic mass is 9.87. The smallest absolute Gasteiger partial charge is 0.105 e. The van der Waals surface area contributed by atoms with Crippen molar-refractivity contribution in [2.45, 2.75) is 45.6 Å². The Morgan fingerprint density at radius 3 is 2.25 bits per heavy atom. The summed E-state index contributed by atoms with van der Waals surface area (Å²) in [5.41, 5.74) is 7.31. The molecule has 0 saturated heterocycles. The Kier molecular flexibility index (Phi) is 3.62. The molecule has 0 radical (unpaired) electrons. The van der Waals surface area contributed by atoms with Crippen LogP contribution >= 0.6 is 0 Å². The van der Waals surface area contributed by atoms with E-state index in [0.717, 1.165) is 28.7 Å². The number of aliphatic hydroxyl groups excluding tert-OH is 1. The third-order valence-electron chi connectivity index (χ3n) is 4.50. The summed E-state index contributed by atoms with van der Waals surface area (Å²) in [6.45, 7) is 4.15. The van der Waals surface area contributed by atoms with E-state index in [4.69, 9.17) is 0 Å². The van der Waals surface area contributed by atoms with Crippen LogP contribution in [0.2, 0.25) is 0 Å². The summed E-state index contributed by atoms with van der Waals surface area (Å²) in [7, 11) is 0. The molecule has 1 N–H and O–H groups in total. The molecule has 2 aromatic rings. The fraction of sp³-hybridized carbons (Fsp3) is 0.368. The number of fused-ring (bicyclic) bond motifs is 1. The van der Waals surface area contributed by atoms with Crippen LogP contribution in [0, 0.1) is 13.8 Å². The quantitative estimate of drug-likeness (QED) is 0.861. The number of hydrogen-bond acceptors (Lipinski definition) is 1. The van der Waals surface area contributed by atoms with Crippen LogP contribution in [0.4, 0.5) is 0 Å². The lowest BCUT2D eigenvalue weighted by molar-refractivity contribution is 0.218. The predicted octanol–water partition coefficient (Wildman–Crippen LogP) is 4.26. The molecule has 1 heteroatoms. The Balaban J connectivity index is 2.00. The second-order valence-electron chi connectivity index (χ2n) is 5.94. The first-order chi connectivity index (χ1) is 9.66. The van der Waals surface area contributed by atoms with Gasteiger partial charge in [-0.25, -0.2) is 0 Å². The molecule has 0 aliphatic heterocycles. The maximum Gasteiger partial charge on any atom is 0.105 e. The standard InChI is InChI=1S/C19H22O/c1-13-6-5-7-14(2)18(13)19(20)17-11-10-15-8-3-4-9-16(15)12-17/h5-7,10-12,19-20H,3-4,8-9H2,1-2H3. The van der Waals surface area contributed by atoms with Crippen molar-refractivity contribution in [3.05, 3.63) is 69.8 Å². The highest BCUT2D eigenvalue weighted by Crippen LogP contribution is 2.30. The molecular weight excluding hydrogens is 244 g/mol. The zero-order valence-electron chi connectivity index (χ0n) is 12.3. The van der Waals surface area contributed by atoms with Gasteiger partial charge in [-0.15, -0.1) is 0 Å². The monoisotopic (exact) mass is 266 g/mol. The van der Waals surface area contributed by atoms with E-state index in [2.05, 4.69) is 44.2 Å². The average molecular weight is 266 g/mol. The van der Waals surface area contributed by atoms with Gasteiger partial charge in [0, 0.05) is 0 Å². The van der Waals surface area contributed by atoms with Crippen molar-refractivity contribution in [2.24, 2.45) is 0 Å². The minimum absolute atomic E-state index is 0.511. The van der Waals surface area contributed by atoms with E-state index in [9.17, 15) is 5.11 Å². The van der Waals surface area contributed by atoms with Gasteiger partial charge in [-0.2, -0.15) is 0 Å². The number of aliphatic hydroxyl groups is 1. The molecule has 0 amide bonds. The molecule has 0 bridgehead atoms. The highest BCUT2D eigenvalue weighted by Gasteiger charge is 2.17. The third kappa shape index (κ3) is 2.38. The number of aryl methyl sites for hydroxylation is 4. The maximum atomic E-state index is 10.8. The highest BCUT2D eigenvalue weighted by atomic mass is 16.3. The van der Waals surface area contributed by atoms with Crippen LogP contribution in [0.1, 0.15) is 52.3 Å². The van der Waals surface area contributed by atoms with Gasteiger partial charge < -0.3 is 5.11 Å². The molecule has 0 saturated carbocycles. The van der Waals surface area contributed by atoms with Gasteiger partial charge in [0.15, 0.2) is 0 Å². The predicted molar refractivity (Wildman–Crippen MR) is 83.1 cm³/mol. The molecule has 0 fully saturated rings. The van der Waals surface area contributed by atoms with Crippen LogP contribution in [0.5, 0.6) is 0 Å². The Morgan fingerprint density at radius 1 is 0.900 bits per heavy atom. The molecular formula is C19H22O. The Hall–Kier alpha value is -1.60. The molecule has 1 nitrogen and oxygen atoms in total. The van der Waals surface area contributed by atoms with Crippen LogP contribution in [0.15, 0.2) is 36.4 Å². The number of benzene rings is 2. The van der Waals surface area contributed by atoms with Gasteiger partial charge in [-0.05, 0) is 72.9 Å². The summed E-state index contributed by atoms with van der Waals surface area (Å²) in [6, 6.07) is 12.7. The Labute approximate surface area is 121 Å². The lowest BCUT2D eigenvalue weighted by Gasteiger charge is -2.21. The topological polar surface area (TPSA) is 20.2 Å². The molecule has 0 spiro atoms. The van der Waals surface area contributed by atoms with Crippen LogP contribution in [0.25, 0.3) is 0 Å². The van der Waals surface area contributed by atoms with Gasteiger partial charge in [0.2, 0.25) is 0 Å². The van der Waals surface area contributed by atoms with E-state index in [1.165, 1.54) is 30.4 Å². The van der Waals surface area contributed by atoms with Crippen LogP contribution in [0.3, 0.4) is 0 Å². The van der Waals surface area contributed by atoms with Gasteiger partial charge in [0.05, 0.1) is 0 Å². The van der Waals surface area contributed by atoms with Gasteiger partial charge in [-0.1, -0.05) is 36.4 Å². The summed E-state index contributed by atoms with van der Waals surface area (Å²) in [4.78, 5) is 0. The Bertz CT molecular complexity index is 607. The van der Waals surface area contributed by atoms with Gasteiger partial charge in [0.1, 0.15) is 6.10 Å². The second kappa shape index (κ2) is 5.41. The molecule has 1 atom stereocenters. The fourth-order valence-corrected chi connectivity index (χ4v) is 3.35.